The van der Waals surface area contributed by atoms with Gasteiger partial charge in [0.05, 0.1) is 23.9 Å². The molecule has 2 aromatic carbocycles. The first kappa shape index (κ1) is 12.9. The van der Waals surface area contributed by atoms with Crippen LogP contribution in [0.25, 0.3) is 16.7 Å². The van der Waals surface area contributed by atoms with E-state index in [4.69, 9.17) is 15.7 Å². The number of nitrogens with two attached hydrogens (primary N) is 1. The van der Waals surface area contributed by atoms with Crippen molar-refractivity contribution in [1.29, 1.82) is 5.26 Å². The van der Waals surface area contributed by atoms with Crippen molar-refractivity contribution in [1.82, 2.24) is 9.55 Å². The molecule has 3 rings (SSSR count). The number of ether oxygens (including phenoxy) is 1. The smallest absolute Gasteiger partial charge is 0.205 e. The van der Waals surface area contributed by atoms with Gasteiger partial charge in [0, 0.05) is 6.07 Å². The highest BCUT2D eigenvalue weighted by Gasteiger charge is 2.14. The minimum atomic E-state index is -0.457. The molecule has 104 valence electrons. The number of aromatic nitrogens is 2. The number of nitrogens with zero attached hydrogens (tertiary/aromatic N) is 3. The molecule has 5 nitrogen and oxygen atoms in total. The number of fused-ring (bicyclic) bond motifs is 1. The summed E-state index contributed by atoms with van der Waals surface area (Å²) in [7, 11) is 1.39. The van der Waals surface area contributed by atoms with E-state index in [9.17, 15) is 4.39 Å². The van der Waals surface area contributed by atoms with Crippen LogP contribution in [-0.2, 0) is 0 Å². The number of para-hydroxylation sites is 1. The van der Waals surface area contributed by atoms with Crippen molar-refractivity contribution < 1.29 is 9.13 Å². The van der Waals surface area contributed by atoms with E-state index in [0.717, 1.165) is 0 Å². The van der Waals surface area contributed by atoms with E-state index in [2.05, 4.69) is 11.1 Å². The third kappa shape index (κ3) is 1.96. The van der Waals surface area contributed by atoms with Crippen molar-refractivity contribution in [2.45, 2.75) is 0 Å². The summed E-state index contributed by atoms with van der Waals surface area (Å²) in [4.78, 5) is 4.22. The van der Waals surface area contributed by atoms with Gasteiger partial charge in [0.1, 0.15) is 11.6 Å². The number of hydrogen-bond acceptors (Lipinski definition) is 4. The average Bonchev–Trinajstić information content (AvgIpc) is 2.83. The van der Waals surface area contributed by atoms with Crippen molar-refractivity contribution in [3.05, 3.63) is 47.8 Å². The highest BCUT2D eigenvalue weighted by molar-refractivity contribution is 5.85. The molecule has 0 aliphatic heterocycles. The second-order valence-electron chi connectivity index (χ2n) is 4.41. The Morgan fingerprint density at radius 1 is 1.33 bits per heavy atom. The van der Waals surface area contributed by atoms with Gasteiger partial charge >= 0.3 is 0 Å². The molecule has 2 N–H and O–H groups in total. The monoisotopic (exact) mass is 282 g/mol. The van der Waals surface area contributed by atoms with Gasteiger partial charge in [-0.25, -0.2) is 9.37 Å². The van der Waals surface area contributed by atoms with Crippen LogP contribution in [0.5, 0.6) is 5.75 Å². The molecule has 1 heterocycles. The zero-order chi connectivity index (χ0) is 15.0. The maximum Gasteiger partial charge on any atom is 0.205 e. The Morgan fingerprint density at radius 3 is 2.86 bits per heavy atom. The van der Waals surface area contributed by atoms with Crippen LogP contribution in [0.15, 0.2) is 36.4 Å². The summed E-state index contributed by atoms with van der Waals surface area (Å²) in [5.41, 5.74) is 8.19. The van der Waals surface area contributed by atoms with Gasteiger partial charge in [-0.05, 0) is 24.3 Å². The number of halogens is 1. The lowest BCUT2D eigenvalue weighted by atomic mass is 10.2. The Morgan fingerprint density at radius 2 is 2.14 bits per heavy atom. The molecule has 0 saturated heterocycles. The Hall–Kier alpha value is -3.07. The maximum absolute atomic E-state index is 13.5. The number of benzene rings is 2. The molecule has 0 amide bonds. The summed E-state index contributed by atoms with van der Waals surface area (Å²) in [6.07, 6.45) is 0. The van der Waals surface area contributed by atoms with Crippen LogP contribution >= 0.6 is 0 Å². The number of nitriles is 1. The van der Waals surface area contributed by atoms with Gasteiger partial charge in [0.25, 0.3) is 0 Å². The Labute approximate surface area is 120 Å². The number of anilines is 1. The van der Waals surface area contributed by atoms with Gasteiger partial charge in [-0.3, -0.25) is 4.57 Å². The summed E-state index contributed by atoms with van der Waals surface area (Å²) in [6.45, 7) is 0. The Bertz CT molecular complexity index is 879. The SMILES string of the molecule is COc1cc(-n2c(N)nc3c(C#N)cccc32)ccc1F. The molecular formula is C15H11FN4O. The van der Waals surface area contributed by atoms with Gasteiger partial charge < -0.3 is 10.5 Å². The number of imidazole rings is 1. The Balaban J connectivity index is 2.31. The summed E-state index contributed by atoms with van der Waals surface area (Å²) >= 11 is 0. The minimum Gasteiger partial charge on any atom is -0.494 e. The predicted molar refractivity (Wildman–Crippen MR) is 76.7 cm³/mol. The van der Waals surface area contributed by atoms with Crippen molar-refractivity contribution in [2.24, 2.45) is 0 Å². The van der Waals surface area contributed by atoms with Crippen LogP contribution in [0, 0.1) is 17.1 Å². The van der Waals surface area contributed by atoms with Gasteiger partial charge in [0.15, 0.2) is 11.6 Å². The predicted octanol–water partition coefficient (Wildman–Crippen LogP) is 2.63. The standard InChI is InChI=1S/C15H11FN4O/c1-21-13-7-10(5-6-11(13)16)20-12-4-2-3-9(8-17)14(12)19-15(20)18/h2-7H,1H3,(H2,18,19). The second-order valence-corrected chi connectivity index (χ2v) is 4.41. The van der Waals surface area contributed by atoms with Gasteiger partial charge in [0.2, 0.25) is 5.95 Å². The molecule has 0 aliphatic carbocycles. The fourth-order valence-electron chi connectivity index (χ4n) is 2.27. The van der Waals surface area contributed by atoms with Crippen LogP contribution < -0.4 is 10.5 Å². The molecule has 0 fully saturated rings. The zero-order valence-corrected chi connectivity index (χ0v) is 11.2. The molecule has 0 radical (unpaired) electrons. The summed E-state index contributed by atoms with van der Waals surface area (Å²) in [5.74, 6) is -0.117. The van der Waals surface area contributed by atoms with E-state index in [-0.39, 0.29) is 11.7 Å². The molecule has 0 saturated carbocycles. The molecule has 1 aromatic heterocycles. The van der Waals surface area contributed by atoms with E-state index in [1.165, 1.54) is 19.2 Å². The molecule has 0 unspecified atom stereocenters. The van der Waals surface area contributed by atoms with Gasteiger partial charge in [-0.2, -0.15) is 5.26 Å². The van der Waals surface area contributed by atoms with Crippen molar-refractivity contribution in [3.63, 3.8) is 0 Å². The van der Waals surface area contributed by atoms with E-state index in [0.29, 0.717) is 22.3 Å². The summed E-state index contributed by atoms with van der Waals surface area (Å²) < 4.78 is 20.2. The molecule has 0 bridgehead atoms. The molecule has 0 aliphatic rings. The van der Waals surface area contributed by atoms with E-state index >= 15 is 0 Å². The van der Waals surface area contributed by atoms with Crippen molar-refractivity contribution in [3.8, 4) is 17.5 Å². The quantitative estimate of drug-likeness (QED) is 0.783. The summed E-state index contributed by atoms with van der Waals surface area (Å²) in [6, 6.07) is 11.7. The molecule has 0 atom stereocenters. The largest absolute Gasteiger partial charge is 0.494 e. The fraction of sp³-hybridized carbons (Fsp3) is 0.0667. The van der Waals surface area contributed by atoms with Crippen LogP contribution in [0.3, 0.4) is 0 Å². The number of nitrogen functional groups attached to an aromatic ring is 1. The molecule has 6 heteroatoms. The molecule has 21 heavy (non-hydrogen) atoms. The molecule has 0 spiro atoms. The van der Waals surface area contributed by atoms with Crippen LogP contribution in [0.4, 0.5) is 10.3 Å². The average molecular weight is 282 g/mol. The molecule has 3 aromatic rings. The Kier molecular flexibility index (Phi) is 2.95. The maximum atomic E-state index is 13.5. The fourth-order valence-corrected chi connectivity index (χ4v) is 2.27. The topological polar surface area (TPSA) is 76.9 Å². The highest BCUT2D eigenvalue weighted by Crippen LogP contribution is 2.28. The van der Waals surface area contributed by atoms with E-state index in [1.54, 1.807) is 28.8 Å². The van der Waals surface area contributed by atoms with E-state index in [1.807, 2.05) is 0 Å². The lowest BCUT2D eigenvalue weighted by Gasteiger charge is -2.09. The number of rotatable bonds is 2. The first-order valence-electron chi connectivity index (χ1n) is 6.16. The van der Waals surface area contributed by atoms with Crippen LogP contribution in [0.1, 0.15) is 5.56 Å². The third-order valence-electron chi connectivity index (χ3n) is 3.22. The normalized spacial score (nSPS) is 10.5. The summed E-state index contributed by atoms with van der Waals surface area (Å²) in [5, 5.41) is 9.12. The zero-order valence-electron chi connectivity index (χ0n) is 11.2. The van der Waals surface area contributed by atoms with Crippen LogP contribution in [-0.4, -0.2) is 16.7 Å². The molecular weight excluding hydrogens is 271 g/mol. The first-order chi connectivity index (χ1) is 10.2. The van der Waals surface area contributed by atoms with E-state index < -0.39 is 5.82 Å². The van der Waals surface area contributed by atoms with Crippen LogP contribution in [0.2, 0.25) is 0 Å². The highest BCUT2D eigenvalue weighted by atomic mass is 19.1. The minimum absolute atomic E-state index is 0.116. The van der Waals surface area contributed by atoms with Crippen molar-refractivity contribution >= 4 is 17.0 Å². The number of hydrogen-bond donors (Lipinski definition) is 1. The van der Waals surface area contributed by atoms with Crippen molar-refractivity contribution in [2.75, 3.05) is 12.8 Å². The number of methoxy groups -OCH3 is 1. The van der Waals surface area contributed by atoms with Gasteiger partial charge in [-0.1, -0.05) is 6.07 Å². The second kappa shape index (κ2) is 4.80. The lowest BCUT2D eigenvalue weighted by Crippen LogP contribution is -2.01. The lowest BCUT2D eigenvalue weighted by molar-refractivity contribution is 0.386. The van der Waals surface area contributed by atoms with Gasteiger partial charge in [-0.15, -0.1) is 0 Å². The third-order valence-corrected chi connectivity index (χ3v) is 3.22. The first-order valence-corrected chi connectivity index (χ1v) is 6.16.